The molecular weight excluding hydrogens is 434 g/mol. The number of aliphatic imine (C=N–C) groups is 1. The van der Waals surface area contributed by atoms with E-state index < -0.39 is 6.09 Å². The van der Waals surface area contributed by atoms with Crippen LogP contribution in [-0.2, 0) is 4.74 Å². The van der Waals surface area contributed by atoms with Crippen molar-refractivity contribution in [1.82, 2.24) is 10.2 Å². The van der Waals surface area contributed by atoms with Crippen LogP contribution in [0.3, 0.4) is 0 Å². The number of rotatable bonds is 5. The van der Waals surface area contributed by atoms with Crippen molar-refractivity contribution in [2.75, 3.05) is 6.61 Å². The van der Waals surface area contributed by atoms with E-state index in [0.29, 0.717) is 12.6 Å². The van der Waals surface area contributed by atoms with Crippen LogP contribution in [0, 0.1) is 0 Å². The number of carbonyl (C=O) groups excluding carboxylic acids is 1. The number of hydrogen-bond donors (Lipinski definition) is 1. The minimum Gasteiger partial charge on any atom is -0.449 e. The van der Waals surface area contributed by atoms with Crippen LogP contribution in [-0.4, -0.2) is 23.6 Å². The zero-order chi connectivity index (χ0) is 24.2. The molecule has 5 heteroatoms. The molecule has 35 heavy (non-hydrogen) atoms. The molecule has 0 radical (unpaired) electrons. The fraction of sp³-hybridized carbons (Fsp3) is 0.200. The maximum absolute atomic E-state index is 13.3. The predicted molar refractivity (Wildman–Crippen MR) is 140 cm³/mol. The quantitative estimate of drug-likeness (QED) is 0.354. The molecule has 0 aromatic heterocycles. The summed E-state index contributed by atoms with van der Waals surface area (Å²) in [5.41, 5.74) is 3.20. The lowest BCUT2D eigenvalue weighted by Crippen LogP contribution is -2.45. The number of amides is 1. The van der Waals surface area contributed by atoms with Gasteiger partial charge in [0.15, 0.2) is 0 Å². The van der Waals surface area contributed by atoms with Crippen LogP contribution in [0.5, 0.6) is 0 Å². The summed E-state index contributed by atoms with van der Waals surface area (Å²) in [7, 11) is 0. The average Bonchev–Trinajstić information content (AvgIpc) is 3.28. The smallest absolute Gasteiger partial charge is 0.417 e. The summed E-state index contributed by atoms with van der Waals surface area (Å²) >= 11 is 0. The largest absolute Gasteiger partial charge is 0.449 e. The number of fused-ring (bicyclic) bond motifs is 1. The van der Waals surface area contributed by atoms with E-state index in [1.54, 1.807) is 4.90 Å². The Morgan fingerprint density at radius 3 is 2.23 bits per heavy atom. The molecule has 0 unspecified atom stereocenters. The monoisotopic (exact) mass is 463 g/mol. The summed E-state index contributed by atoms with van der Waals surface area (Å²) in [5, 5.41) is 5.91. The summed E-state index contributed by atoms with van der Waals surface area (Å²) in [6.45, 7) is 4.21. The second kappa shape index (κ2) is 10.0. The second-order valence-corrected chi connectivity index (χ2v) is 8.67. The van der Waals surface area contributed by atoms with Crippen LogP contribution in [0.25, 0.3) is 10.8 Å². The fourth-order valence-corrected chi connectivity index (χ4v) is 4.83. The first-order chi connectivity index (χ1) is 17.2. The molecule has 1 heterocycles. The highest BCUT2D eigenvalue weighted by Gasteiger charge is 2.43. The van der Waals surface area contributed by atoms with Gasteiger partial charge in [-0.1, -0.05) is 103 Å². The van der Waals surface area contributed by atoms with Gasteiger partial charge < -0.3 is 10.1 Å². The molecule has 0 aliphatic carbocycles. The van der Waals surface area contributed by atoms with Crippen LogP contribution in [0.2, 0.25) is 0 Å². The van der Waals surface area contributed by atoms with Crippen molar-refractivity contribution < 1.29 is 9.53 Å². The van der Waals surface area contributed by atoms with E-state index in [1.165, 1.54) is 10.8 Å². The van der Waals surface area contributed by atoms with Crippen molar-refractivity contribution in [1.29, 1.82) is 0 Å². The van der Waals surface area contributed by atoms with Gasteiger partial charge in [0, 0.05) is 0 Å². The number of nitrogens with one attached hydrogen (secondary N) is 1. The van der Waals surface area contributed by atoms with Crippen molar-refractivity contribution in [2.45, 2.75) is 32.0 Å². The summed E-state index contributed by atoms with van der Waals surface area (Å²) in [6, 6.07) is 34.1. The summed E-state index contributed by atoms with van der Waals surface area (Å²) in [6.07, 6.45) is -0.406. The Morgan fingerprint density at radius 1 is 0.886 bits per heavy atom. The Kier molecular flexibility index (Phi) is 6.49. The fourth-order valence-electron chi connectivity index (χ4n) is 4.83. The van der Waals surface area contributed by atoms with Crippen molar-refractivity contribution in [3.8, 4) is 0 Å². The Labute approximate surface area is 206 Å². The molecule has 1 N–H and O–H groups in total. The first-order valence-electron chi connectivity index (χ1n) is 12.0. The molecule has 5 rings (SSSR count). The van der Waals surface area contributed by atoms with Gasteiger partial charge in [0.25, 0.3) is 0 Å². The summed E-state index contributed by atoms with van der Waals surface area (Å²) in [4.78, 5) is 20.1. The van der Waals surface area contributed by atoms with E-state index in [9.17, 15) is 4.79 Å². The average molecular weight is 464 g/mol. The molecule has 1 aliphatic rings. The zero-order valence-corrected chi connectivity index (χ0v) is 20.0. The number of benzene rings is 4. The Balaban J connectivity index is 1.57. The highest BCUT2D eigenvalue weighted by molar-refractivity contribution is 5.97. The van der Waals surface area contributed by atoms with E-state index in [0.717, 1.165) is 16.7 Å². The molecule has 5 nitrogen and oxygen atoms in total. The van der Waals surface area contributed by atoms with Gasteiger partial charge in [-0.3, -0.25) is 0 Å². The lowest BCUT2D eigenvalue weighted by Gasteiger charge is -2.29. The molecule has 0 bridgehead atoms. The lowest BCUT2D eigenvalue weighted by atomic mass is 9.94. The van der Waals surface area contributed by atoms with Gasteiger partial charge in [-0.2, -0.15) is 0 Å². The van der Waals surface area contributed by atoms with E-state index >= 15 is 0 Å². The molecule has 176 valence electrons. The topological polar surface area (TPSA) is 53.9 Å². The molecule has 0 fully saturated rings. The number of ether oxygens (including phenoxy) is 1. The first-order valence-corrected chi connectivity index (χ1v) is 12.0. The van der Waals surface area contributed by atoms with Gasteiger partial charge in [-0.25, -0.2) is 14.7 Å². The minimum atomic E-state index is -0.406. The molecule has 4 aromatic rings. The van der Waals surface area contributed by atoms with E-state index in [1.807, 2.05) is 67.6 Å². The molecular formula is C30H29N3O2. The number of guanidine groups is 1. The predicted octanol–water partition coefficient (Wildman–Crippen LogP) is 6.80. The third kappa shape index (κ3) is 4.50. The molecule has 0 saturated heterocycles. The summed E-state index contributed by atoms with van der Waals surface area (Å²) < 4.78 is 5.52. The van der Waals surface area contributed by atoms with Gasteiger partial charge in [0.1, 0.15) is 6.04 Å². The maximum atomic E-state index is 13.3. The van der Waals surface area contributed by atoms with Gasteiger partial charge in [-0.15, -0.1) is 0 Å². The van der Waals surface area contributed by atoms with E-state index in [4.69, 9.17) is 9.73 Å². The first kappa shape index (κ1) is 22.7. The van der Waals surface area contributed by atoms with Crippen LogP contribution in [0.4, 0.5) is 4.79 Å². The van der Waals surface area contributed by atoms with Crippen LogP contribution >= 0.6 is 0 Å². The number of carbonyl (C=O) groups is 1. The number of hydrogen-bond acceptors (Lipinski definition) is 4. The molecule has 0 saturated carbocycles. The molecule has 1 aliphatic heterocycles. The van der Waals surface area contributed by atoms with Crippen LogP contribution in [0.1, 0.15) is 48.7 Å². The normalized spacial score (nSPS) is 18.2. The van der Waals surface area contributed by atoms with Crippen molar-refractivity contribution >= 4 is 22.8 Å². The second-order valence-electron chi connectivity index (χ2n) is 8.67. The van der Waals surface area contributed by atoms with Gasteiger partial charge in [0.05, 0.1) is 18.7 Å². The minimum absolute atomic E-state index is 0.0808. The molecule has 1 amide bonds. The van der Waals surface area contributed by atoms with Gasteiger partial charge in [-0.05, 0) is 41.3 Å². The lowest BCUT2D eigenvalue weighted by molar-refractivity contribution is 0.116. The van der Waals surface area contributed by atoms with Crippen molar-refractivity contribution in [3.05, 3.63) is 120 Å². The Bertz CT molecular complexity index is 1330. The standard InChI is InChI=1S/C30H29N3O2/c1-3-35-30(34)33-28(24-16-8-5-9-17-24)27(23-14-6-4-7-15-23)32-29(33)31-21(2)25-20-12-18-22-13-10-11-19-26(22)25/h4-21,27-28H,3H2,1-2H3,(H,31,32)/t21-,27-,28-/m0/s1. The van der Waals surface area contributed by atoms with E-state index in [2.05, 4.69) is 54.7 Å². The highest BCUT2D eigenvalue weighted by atomic mass is 16.6. The SMILES string of the molecule is CCOC(=O)N1C(N[C@@H](C)c2cccc3ccccc23)=N[C@@H](c2ccccc2)[C@@H]1c1ccccc1. The molecule has 0 spiro atoms. The van der Waals surface area contributed by atoms with E-state index in [-0.39, 0.29) is 18.1 Å². The van der Waals surface area contributed by atoms with Crippen molar-refractivity contribution in [2.24, 2.45) is 4.99 Å². The number of nitrogens with zero attached hydrogens (tertiary/aromatic N) is 2. The Hall–Kier alpha value is -4.12. The zero-order valence-electron chi connectivity index (χ0n) is 20.0. The van der Waals surface area contributed by atoms with Crippen molar-refractivity contribution in [3.63, 3.8) is 0 Å². The van der Waals surface area contributed by atoms with Gasteiger partial charge in [0.2, 0.25) is 5.96 Å². The molecule has 4 aromatic carbocycles. The van der Waals surface area contributed by atoms with Crippen LogP contribution < -0.4 is 5.32 Å². The summed E-state index contributed by atoms with van der Waals surface area (Å²) in [5.74, 6) is 0.520. The third-order valence-corrected chi connectivity index (χ3v) is 6.45. The highest BCUT2D eigenvalue weighted by Crippen LogP contribution is 2.42. The third-order valence-electron chi connectivity index (χ3n) is 6.45. The Morgan fingerprint density at radius 2 is 1.51 bits per heavy atom. The molecule has 3 atom stereocenters. The van der Waals surface area contributed by atoms with Crippen LogP contribution in [0.15, 0.2) is 108 Å². The maximum Gasteiger partial charge on any atom is 0.417 e. The van der Waals surface area contributed by atoms with Gasteiger partial charge >= 0.3 is 6.09 Å².